The van der Waals surface area contributed by atoms with E-state index in [9.17, 15) is 4.79 Å². The molecule has 0 aliphatic carbocycles. The van der Waals surface area contributed by atoms with E-state index in [1.807, 2.05) is 30.5 Å². The minimum atomic E-state index is -0.0658. The summed E-state index contributed by atoms with van der Waals surface area (Å²) in [5.41, 5.74) is 7.37. The zero-order chi connectivity index (χ0) is 15.5. The second-order valence-electron chi connectivity index (χ2n) is 5.17. The first-order chi connectivity index (χ1) is 10.6. The van der Waals surface area contributed by atoms with E-state index in [1.165, 1.54) is 11.3 Å². The zero-order valence-corrected chi connectivity index (χ0v) is 13.0. The first kappa shape index (κ1) is 14.8. The van der Waals surface area contributed by atoms with Crippen LogP contribution in [0, 0.1) is 0 Å². The first-order valence-corrected chi connectivity index (χ1v) is 7.91. The molecule has 3 rings (SSSR count). The van der Waals surface area contributed by atoms with Gasteiger partial charge in [0.15, 0.2) is 16.6 Å². The summed E-state index contributed by atoms with van der Waals surface area (Å²) in [5.74, 6) is 1.39. The molecule has 0 saturated heterocycles. The van der Waals surface area contributed by atoms with Crippen molar-refractivity contribution in [3.63, 3.8) is 0 Å². The molecule has 1 unspecified atom stereocenters. The summed E-state index contributed by atoms with van der Waals surface area (Å²) in [4.78, 5) is 16.2. The first-order valence-electron chi connectivity index (χ1n) is 7.03. The van der Waals surface area contributed by atoms with Gasteiger partial charge < -0.3 is 20.5 Å². The van der Waals surface area contributed by atoms with Gasteiger partial charge in [0.2, 0.25) is 12.7 Å². The fraction of sp³-hybridized carbons (Fsp3) is 0.333. The zero-order valence-electron chi connectivity index (χ0n) is 12.2. The van der Waals surface area contributed by atoms with E-state index in [2.05, 4.69) is 10.3 Å². The molecule has 1 aliphatic rings. The van der Waals surface area contributed by atoms with Gasteiger partial charge in [-0.1, -0.05) is 0 Å². The Balaban J connectivity index is 1.67. The fourth-order valence-corrected chi connectivity index (χ4v) is 2.80. The van der Waals surface area contributed by atoms with Gasteiger partial charge in [-0.3, -0.25) is 4.79 Å². The summed E-state index contributed by atoms with van der Waals surface area (Å²) in [5, 5.41) is 5.28. The van der Waals surface area contributed by atoms with Gasteiger partial charge in [-0.15, -0.1) is 11.3 Å². The van der Waals surface area contributed by atoms with E-state index in [4.69, 9.17) is 15.2 Å². The number of fused-ring (bicyclic) bond motifs is 1. The highest BCUT2D eigenvalue weighted by molar-refractivity contribution is 7.14. The Labute approximate surface area is 132 Å². The topological polar surface area (TPSA) is 86.5 Å². The standard InChI is InChI=1S/C15H17N3O3S/c1-9(16)2-5-14(19)18-15-17-11(7-22-15)10-3-4-12-13(6-10)21-8-20-12/h3-4,6-7,9H,2,5,8,16H2,1H3,(H,17,18,19). The van der Waals surface area contributed by atoms with Gasteiger partial charge in [-0.05, 0) is 31.5 Å². The van der Waals surface area contributed by atoms with Crippen LogP contribution < -0.4 is 20.5 Å². The van der Waals surface area contributed by atoms with E-state index < -0.39 is 0 Å². The van der Waals surface area contributed by atoms with Gasteiger partial charge in [0, 0.05) is 23.4 Å². The third-order valence-corrected chi connectivity index (χ3v) is 4.00. The lowest BCUT2D eigenvalue weighted by Crippen LogP contribution is -2.19. The lowest BCUT2D eigenvalue weighted by atomic mass is 10.1. The van der Waals surface area contributed by atoms with Crippen LogP contribution in [0.2, 0.25) is 0 Å². The summed E-state index contributed by atoms with van der Waals surface area (Å²) in [6.45, 7) is 2.13. The van der Waals surface area contributed by atoms with Crippen LogP contribution in [0.4, 0.5) is 5.13 Å². The minimum absolute atomic E-state index is 0.0197. The van der Waals surface area contributed by atoms with Crippen molar-refractivity contribution in [3.05, 3.63) is 23.6 Å². The largest absolute Gasteiger partial charge is 0.454 e. The number of aromatic nitrogens is 1. The summed E-state index contributed by atoms with van der Waals surface area (Å²) in [6.07, 6.45) is 1.06. The monoisotopic (exact) mass is 319 g/mol. The Morgan fingerprint density at radius 3 is 3.09 bits per heavy atom. The van der Waals surface area contributed by atoms with Gasteiger partial charge in [0.1, 0.15) is 0 Å². The van der Waals surface area contributed by atoms with Crippen LogP contribution in [0.1, 0.15) is 19.8 Å². The van der Waals surface area contributed by atoms with Gasteiger partial charge in [0.25, 0.3) is 0 Å². The predicted octanol–water partition coefficient (Wildman–Crippen LogP) is 2.60. The number of hydrogen-bond acceptors (Lipinski definition) is 6. The molecule has 0 bridgehead atoms. The Hall–Kier alpha value is -2.12. The minimum Gasteiger partial charge on any atom is -0.454 e. The number of anilines is 1. The van der Waals surface area contributed by atoms with E-state index in [1.54, 1.807) is 0 Å². The van der Waals surface area contributed by atoms with E-state index in [0.29, 0.717) is 23.7 Å². The number of nitrogens with one attached hydrogen (secondary N) is 1. The number of ether oxygens (including phenoxy) is 2. The number of rotatable bonds is 5. The SMILES string of the molecule is CC(N)CCC(=O)Nc1nc(-c2ccc3c(c2)OCO3)cs1. The molecule has 0 radical (unpaired) electrons. The quantitative estimate of drug-likeness (QED) is 0.884. The maximum atomic E-state index is 11.8. The Kier molecular flexibility index (Phi) is 4.26. The summed E-state index contributed by atoms with van der Waals surface area (Å²) in [7, 11) is 0. The average Bonchev–Trinajstić information content (AvgIpc) is 3.12. The van der Waals surface area contributed by atoms with Crippen LogP contribution in [0.5, 0.6) is 11.5 Å². The lowest BCUT2D eigenvalue weighted by molar-refractivity contribution is -0.116. The number of carbonyl (C=O) groups is 1. The molecular weight excluding hydrogens is 302 g/mol. The number of benzene rings is 1. The number of amides is 1. The molecular formula is C15H17N3O3S. The number of nitrogens with zero attached hydrogens (tertiary/aromatic N) is 1. The van der Waals surface area contributed by atoms with E-state index in [-0.39, 0.29) is 18.7 Å². The molecule has 2 heterocycles. The second-order valence-corrected chi connectivity index (χ2v) is 6.03. The molecule has 116 valence electrons. The molecule has 2 aromatic rings. The van der Waals surface area contributed by atoms with Gasteiger partial charge in [0.05, 0.1) is 5.69 Å². The maximum Gasteiger partial charge on any atom is 0.231 e. The van der Waals surface area contributed by atoms with Gasteiger partial charge >= 0.3 is 0 Å². The van der Waals surface area contributed by atoms with Crippen molar-refractivity contribution in [2.75, 3.05) is 12.1 Å². The van der Waals surface area contributed by atoms with Crippen molar-refractivity contribution < 1.29 is 14.3 Å². The highest BCUT2D eigenvalue weighted by Crippen LogP contribution is 2.36. The fourth-order valence-electron chi connectivity index (χ4n) is 2.06. The molecule has 1 aliphatic heterocycles. The lowest BCUT2D eigenvalue weighted by Gasteiger charge is -2.04. The molecule has 0 spiro atoms. The molecule has 1 aromatic carbocycles. The second kappa shape index (κ2) is 6.33. The normalized spacial score (nSPS) is 13.9. The number of carbonyl (C=O) groups excluding carboxylic acids is 1. The molecule has 6 nitrogen and oxygen atoms in total. The van der Waals surface area contributed by atoms with Crippen molar-refractivity contribution in [1.29, 1.82) is 0 Å². The molecule has 1 atom stereocenters. The van der Waals surface area contributed by atoms with Crippen LogP contribution in [0.25, 0.3) is 11.3 Å². The van der Waals surface area contributed by atoms with Crippen LogP contribution in [0.3, 0.4) is 0 Å². The third-order valence-electron chi connectivity index (χ3n) is 3.25. The number of thiazole rings is 1. The molecule has 0 fully saturated rings. The Morgan fingerprint density at radius 2 is 2.27 bits per heavy atom. The van der Waals surface area contributed by atoms with Crippen molar-refractivity contribution >= 4 is 22.4 Å². The molecule has 7 heteroatoms. The third kappa shape index (κ3) is 3.37. The molecule has 1 amide bonds. The molecule has 22 heavy (non-hydrogen) atoms. The Bertz CT molecular complexity index is 684. The van der Waals surface area contributed by atoms with Crippen LogP contribution in [-0.4, -0.2) is 23.7 Å². The predicted molar refractivity (Wildman–Crippen MR) is 85.2 cm³/mol. The van der Waals surface area contributed by atoms with Gasteiger partial charge in [-0.25, -0.2) is 4.98 Å². The van der Waals surface area contributed by atoms with Crippen LogP contribution >= 0.6 is 11.3 Å². The molecule has 1 aromatic heterocycles. The number of nitrogens with two attached hydrogens (primary N) is 1. The summed E-state index contributed by atoms with van der Waals surface area (Å²) >= 11 is 1.39. The maximum absolute atomic E-state index is 11.8. The van der Waals surface area contributed by atoms with Crippen molar-refractivity contribution in [2.24, 2.45) is 5.73 Å². The van der Waals surface area contributed by atoms with Crippen molar-refractivity contribution in [3.8, 4) is 22.8 Å². The highest BCUT2D eigenvalue weighted by Gasteiger charge is 2.15. The van der Waals surface area contributed by atoms with Crippen LogP contribution in [0.15, 0.2) is 23.6 Å². The average molecular weight is 319 g/mol. The highest BCUT2D eigenvalue weighted by atomic mass is 32.1. The Morgan fingerprint density at radius 1 is 1.45 bits per heavy atom. The smallest absolute Gasteiger partial charge is 0.231 e. The summed E-state index contributed by atoms with van der Waals surface area (Å²) in [6, 6.07) is 5.69. The van der Waals surface area contributed by atoms with Gasteiger partial charge in [-0.2, -0.15) is 0 Å². The van der Waals surface area contributed by atoms with Crippen molar-refractivity contribution in [1.82, 2.24) is 4.98 Å². The summed E-state index contributed by atoms with van der Waals surface area (Å²) < 4.78 is 10.6. The van der Waals surface area contributed by atoms with Crippen LogP contribution in [-0.2, 0) is 4.79 Å². The molecule has 3 N–H and O–H groups in total. The van der Waals surface area contributed by atoms with E-state index >= 15 is 0 Å². The number of hydrogen-bond donors (Lipinski definition) is 2. The molecule has 0 saturated carbocycles. The van der Waals surface area contributed by atoms with Crippen molar-refractivity contribution in [2.45, 2.75) is 25.8 Å². The van der Waals surface area contributed by atoms with E-state index in [0.717, 1.165) is 17.0 Å².